The van der Waals surface area contributed by atoms with Gasteiger partial charge in [-0.25, -0.2) is 13.4 Å². The number of nitrogens with one attached hydrogen (secondary N) is 2. The number of carbonyl (C=O) groups is 2. The average Bonchev–Trinajstić information content (AvgIpc) is 3.13. The molecule has 2 aromatic carbocycles. The van der Waals surface area contributed by atoms with Crippen molar-refractivity contribution in [3.8, 4) is 0 Å². The van der Waals surface area contributed by atoms with Gasteiger partial charge in [0.25, 0.3) is 0 Å². The molecule has 4 N–H and O–H groups in total. The standard InChI is InChI=1S/C23H26N4O4S2.ClH/c1-15(28)25-23-27-20(12-7-16-3-8-18(9-4-16)26-22(29)14-24)21(32-23)13-17-5-10-19(11-6-17)33(2,30)31;/h3-6,8-11H,7,12-14,24H2,1-2H3,(H,26,29)(H,25,27,28);1H. The van der Waals surface area contributed by atoms with Gasteiger partial charge in [0, 0.05) is 30.2 Å². The van der Waals surface area contributed by atoms with Crippen molar-refractivity contribution in [1.82, 2.24) is 4.98 Å². The van der Waals surface area contributed by atoms with Crippen LogP contribution in [0.3, 0.4) is 0 Å². The Morgan fingerprint density at radius 3 is 2.15 bits per heavy atom. The molecule has 34 heavy (non-hydrogen) atoms. The van der Waals surface area contributed by atoms with Crippen LogP contribution in [0.5, 0.6) is 0 Å². The molecule has 0 aliphatic carbocycles. The van der Waals surface area contributed by atoms with E-state index in [1.54, 1.807) is 24.3 Å². The van der Waals surface area contributed by atoms with Crippen molar-refractivity contribution in [2.75, 3.05) is 23.4 Å². The molecule has 0 unspecified atom stereocenters. The third kappa shape index (κ3) is 7.91. The third-order valence-corrected chi connectivity index (χ3v) is 6.99. The molecule has 0 aliphatic rings. The Bertz CT molecular complexity index is 1240. The second-order valence-electron chi connectivity index (χ2n) is 7.61. The Morgan fingerprint density at radius 1 is 0.971 bits per heavy atom. The minimum atomic E-state index is -3.25. The van der Waals surface area contributed by atoms with Gasteiger partial charge >= 0.3 is 0 Å². The average molecular weight is 523 g/mol. The summed E-state index contributed by atoms with van der Waals surface area (Å²) in [6.07, 6.45) is 3.16. The van der Waals surface area contributed by atoms with E-state index in [9.17, 15) is 18.0 Å². The Morgan fingerprint density at radius 2 is 1.59 bits per heavy atom. The first-order valence-electron chi connectivity index (χ1n) is 10.3. The molecule has 11 heteroatoms. The third-order valence-electron chi connectivity index (χ3n) is 4.85. The number of hydrogen-bond acceptors (Lipinski definition) is 7. The number of thiazole rings is 1. The van der Waals surface area contributed by atoms with Crippen molar-refractivity contribution < 1.29 is 18.0 Å². The summed E-state index contributed by atoms with van der Waals surface area (Å²) >= 11 is 1.42. The van der Waals surface area contributed by atoms with Crippen molar-refractivity contribution in [1.29, 1.82) is 0 Å². The monoisotopic (exact) mass is 522 g/mol. The summed E-state index contributed by atoms with van der Waals surface area (Å²) in [5.74, 6) is -0.431. The number of aryl methyl sites for hydroxylation is 2. The van der Waals surface area contributed by atoms with E-state index in [2.05, 4.69) is 15.6 Å². The molecule has 0 spiro atoms. The zero-order valence-electron chi connectivity index (χ0n) is 18.8. The molecule has 3 aromatic rings. The minimum absolute atomic E-state index is 0. The summed E-state index contributed by atoms with van der Waals surface area (Å²) in [6.45, 7) is 1.37. The van der Waals surface area contributed by atoms with E-state index in [0.717, 1.165) is 28.1 Å². The van der Waals surface area contributed by atoms with E-state index >= 15 is 0 Å². The molecular weight excluding hydrogens is 496 g/mol. The molecule has 182 valence electrons. The largest absolute Gasteiger partial charge is 0.325 e. The summed E-state index contributed by atoms with van der Waals surface area (Å²) in [7, 11) is -3.25. The lowest BCUT2D eigenvalue weighted by molar-refractivity contribution is -0.115. The van der Waals surface area contributed by atoms with E-state index in [0.29, 0.717) is 23.7 Å². The van der Waals surface area contributed by atoms with Crippen LogP contribution in [0.1, 0.15) is 28.6 Å². The van der Waals surface area contributed by atoms with Crippen LogP contribution in [-0.4, -0.2) is 38.0 Å². The molecular formula is C23H27ClN4O4S2. The van der Waals surface area contributed by atoms with Crippen LogP contribution in [0.2, 0.25) is 0 Å². The SMILES string of the molecule is CC(=O)Nc1nc(CCc2ccc(NC(=O)CN)cc2)c(Cc2ccc(S(C)(=O)=O)cc2)s1.Cl. The second-order valence-corrected chi connectivity index (χ2v) is 10.7. The fraction of sp³-hybridized carbons (Fsp3) is 0.261. The van der Waals surface area contributed by atoms with Crippen molar-refractivity contribution >= 4 is 56.2 Å². The van der Waals surface area contributed by atoms with Gasteiger partial charge < -0.3 is 16.4 Å². The summed E-state index contributed by atoms with van der Waals surface area (Å²) in [4.78, 5) is 28.8. The lowest BCUT2D eigenvalue weighted by Crippen LogP contribution is -2.21. The van der Waals surface area contributed by atoms with Crippen molar-refractivity contribution in [2.24, 2.45) is 5.73 Å². The molecule has 0 saturated carbocycles. The highest BCUT2D eigenvalue weighted by molar-refractivity contribution is 7.90. The molecule has 0 aliphatic heterocycles. The predicted octanol–water partition coefficient (Wildman–Crippen LogP) is 3.20. The number of anilines is 2. The first-order valence-corrected chi connectivity index (χ1v) is 13.0. The van der Waals surface area contributed by atoms with Crippen LogP contribution < -0.4 is 16.4 Å². The highest BCUT2D eigenvalue weighted by Crippen LogP contribution is 2.27. The van der Waals surface area contributed by atoms with Gasteiger partial charge in [-0.1, -0.05) is 24.3 Å². The number of amides is 2. The highest BCUT2D eigenvalue weighted by Gasteiger charge is 2.14. The zero-order chi connectivity index (χ0) is 24.0. The smallest absolute Gasteiger partial charge is 0.238 e. The van der Waals surface area contributed by atoms with Gasteiger partial charge in [0.15, 0.2) is 15.0 Å². The van der Waals surface area contributed by atoms with Crippen LogP contribution in [0.25, 0.3) is 0 Å². The van der Waals surface area contributed by atoms with Gasteiger partial charge in [-0.05, 0) is 48.2 Å². The normalized spacial score (nSPS) is 10.9. The molecule has 0 fully saturated rings. The second kappa shape index (κ2) is 12.1. The number of sulfone groups is 1. The van der Waals surface area contributed by atoms with Crippen LogP contribution in [0, 0.1) is 0 Å². The van der Waals surface area contributed by atoms with Crippen LogP contribution in [-0.2, 0) is 38.7 Å². The number of aromatic nitrogens is 1. The fourth-order valence-corrected chi connectivity index (χ4v) is 4.91. The maximum atomic E-state index is 11.7. The number of benzene rings is 2. The van der Waals surface area contributed by atoms with Gasteiger partial charge in [0.2, 0.25) is 11.8 Å². The van der Waals surface area contributed by atoms with Gasteiger partial charge in [-0.3, -0.25) is 9.59 Å². The predicted molar refractivity (Wildman–Crippen MR) is 138 cm³/mol. The highest BCUT2D eigenvalue weighted by atomic mass is 35.5. The number of halogens is 1. The quantitative estimate of drug-likeness (QED) is 0.395. The number of hydrogen-bond donors (Lipinski definition) is 3. The number of rotatable bonds is 9. The molecule has 8 nitrogen and oxygen atoms in total. The number of carbonyl (C=O) groups excluding carboxylic acids is 2. The summed E-state index contributed by atoms with van der Waals surface area (Å²) in [6, 6.07) is 14.3. The Hall–Kier alpha value is -2.79. The lowest BCUT2D eigenvalue weighted by Gasteiger charge is -2.06. The molecule has 0 atom stereocenters. The van der Waals surface area contributed by atoms with Gasteiger partial charge in [-0.2, -0.15) is 0 Å². The number of nitrogens with zero attached hydrogens (tertiary/aromatic N) is 1. The van der Waals surface area contributed by atoms with Crippen molar-refractivity contribution in [2.45, 2.75) is 31.1 Å². The maximum Gasteiger partial charge on any atom is 0.238 e. The topological polar surface area (TPSA) is 131 Å². The fourth-order valence-electron chi connectivity index (χ4n) is 3.19. The van der Waals surface area contributed by atoms with E-state index in [-0.39, 0.29) is 35.7 Å². The summed E-state index contributed by atoms with van der Waals surface area (Å²) in [5.41, 5.74) is 8.93. The number of nitrogens with two attached hydrogens (primary N) is 1. The van der Waals surface area contributed by atoms with E-state index in [1.807, 2.05) is 24.3 Å². The first-order chi connectivity index (χ1) is 15.6. The Balaban J connectivity index is 0.00000408. The molecule has 1 aromatic heterocycles. The molecule has 3 rings (SSSR count). The van der Waals surface area contributed by atoms with Gasteiger partial charge in [0.05, 0.1) is 17.1 Å². The van der Waals surface area contributed by atoms with Gasteiger partial charge in [-0.15, -0.1) is 23.7 Å². The van der Waals surface area contributed by atoms with E-state index < -0.39 is 9.84 Å². The van der Waals surface area contributed by atoms with Crippen LogP contribution in [0.4, 0.5) is 10.8 Å². The summed E-state index contributed by atoms with van der Waals surface area (Å²) in [5, 5.41) is 6.00. The molecule has 0 radical (unpaired) electrons. The minimum Gasteiger partial charge on any atom is -0.325 e. The molecule has 0 bridgehead atoms. The Kier molecular flexibility index (Phi) is 9.75. The molecule has 2 amide bonds. The van der Waals surface area contributed by atoms with Crippen molar-refractivity contribution in [3.63, 3.8) is 0 Å². The lowest BCUT2D eigenvalue weighted by atomic mass is 10.0. The zero-order valence-corrected chi connectivity index (χ0v) is 21.3. The maximum absolute atomic E-state index is 11.7. The molecule has 0 saturated heterocycles. The molecule has 1 heterocycles. The van der Waals surface area contributed by atoms with E-state index in [1.165, 1.54) is 24.5 Å². The van der Waals surface area contributed by atoms with E-state index in [4.69, 9.17) is 5.73 Å². The van der Waals surface area contributed by atoms with Crippen LogP contribution >= 0.6 is 23.7 Å². The van der Waals surface area contributed by atoms with Crippen molar-refractivity contribution in [3.05, 3.63) is 70.2 Å². The van der Waals surface area contributed by atoms with Gasteiger partial charge in [0.1, 0.15) is 0 Å². The summed E-state index contributed by atoms with van der Waals surface area (Å²) < 4.78 is 23.4. The van der Waals surface area contributed by atoms with Crippen LogP contribution in [0.15, 0.2) is 53.4 Å². The Labute approximate surface area is 209 Å². The first kappa shape index (κ1) is 27.5.